The van der Waals surface area contributed by atoms with E-state index in [2.05, 4.69) is 9.97 Å². The second-order valence-electron chi connectivity index (χ2n) is 6.25. The zero-order valence-corrected chi connectivity index (χ0v) is 14.9. The van der Waals surface area contributed by atoms with E-state index in [-0.39, 0.29) is 12.0 Å². The molecule has 0 saturated carbocycles. The van der Waals surface area contributed by atoms with Crippen LogP contribution in [0, 0.1) is 13.8 Å². The Morgan fingerprint density at radius 2 is 2.20 bits per heavy atom. The van der Waals surface area contributed by atoms with Crippen molar-refractivity contribution in [3.05, 3.63) is 53.1 Å². The highest BCUT2D eigenvalue weighted by Gasteiger charge is 2.27. The van der Waals surface area contributed by atoms with Gasteiger partial charge in [0, 0.05) is 24.0 Å². The van der Waals surface area contributed by atoms with Gasteiger partial charge in [-0.1, -0.05) is 17.7 Å². The van der Waals surface area contributed by atoms with Gasteiger partial charge in [0.1, 0.15) is 11.9 Å². The van der Waals surface area contributed by atoms with E-state index >= 15 is 0 Å². The molecule has 1 saturated heterocycles. The van der Waals surface area contributed by atoms with Gasteiger partial charge in [-0.2, -0.15) is 0 Å². The maximum atomic E-state index is 12.8. The zero-order valence-electron chi connectivity index (χ0n) is 14.9. The molecule has 1 aliphatic rings. The molecule has 132 valence electrons. The molecule has 2 heterocycles. The lowest BCUT2D eigenvalue weighted by molar-refractivity contribution is -0.138. The summed E-state index contributed by atoms with van der Waals surface area (Å²) in [6.07, 6.45) is 1.75. The summed E-state index contributed by atoms with van der Waals surface area (Å²) in [6, 6.07) is 7.73. The van der Waals surface area contributed by atoms with Crippen molar-refractivity contribution in [1.82, 2.24) is 14.9 Å². The summed E-state index contributed by atoms with van der Waals surface area (Å²) >= 11 is 0. The first-order valence-corrected chi connectivity index (χ1v) is 8.39. The van der Waals surface area contributed by atoms with Gasteiger partial charge in [-0.3, -0.25) is 4.79 Å². The first-order chi connectivity index (χ1) is 12.1. The number of nitrogens with zero attached hydrogens (tertiary/aromatic N) is 3. The first-order valence-electron chi connectivity index (χ1n) is 8.39. The standard InChI is InChI=1S/C19H23N3O3/c1-13-4-5-16(24-3)15(10-13)11-18(23)22-8-9-25-17(12-22)19-20-7-6-14(2)21-19/h4-7,10,17H,8-9,11-12H2,1-3H3/t17-/m0/s1. The average molecular weight is 341 g/mol. The second-order valence-corrected chi connectivity index (χ2v) is 6.25. The minimum atomic E-state index is -0.281. The predicted octanol–water partition coefficient (Wildman–Crippen LogP) is 2.24. The van der Waals surface area contributed by atoms with E-state index in [0.29, 0.717) is 31.9 Å². The molecule has 0 bridgehead atoms. The van der Waals surface area contributed by atoms with Gasteiger partial charge >= 0.3 is 0 Å². The Morgan fingerprint density at radius 1 is 1.36 bits per heavy atom. The summed E-state index contributed by atoms with van der Waals surface area (Å²) in [6.45, 7) is 5.46. The molecule has 0 N–H and O–H groups in total. The van der Waals surface area contributed by atoms with Crippen LogP contribution < -0.4 is 4.74 Å². The third-order valence-electron chi connectivity index (χ3n) is 4.30. The molecule has 1 aliphatic heterocycles. The van der Waals surface area contributed by atoms with Gasteiger partial charge in [0.05, 0.1) is 26.7 Å². The Morgan fingerprint density at radius 3 is 2.96 bits per heavy atom. The van der Waals surface area contributed by atoms with Crippen molar-refractivity contribution in [3.8, 4) is 5.75 Å². The number of ether oxygens (including phenoxy) is 2. The van der Waals surface area contributed by atoms with Crippen LogP contribution in [0.4, 0.5) is 0 Å². The molecular formula is C19H23N3O3. The third kappa shape index (κ3) is 4.14. The molecule has 1 aromatic heterocycles. The molecule has 1 fully saturated rings. The van der Waals surface area contributed by atoms with Gasteiger partial charge in [0.2, 0.25) is 5.91 Å². The first kappa shape index (κ1) is 17.4. The van der Waals surface area contributed by atoms with E-state index in [1.165, 1.54) is 0 Å². The average Bonchev–Trinajstić information content (AvgIpc) is 2.62. The lowest BCUT2D eigenvalue weighted by atomic mass is 10.1. The number of hydrogen-bond acceptors (Lipinski definition) is 5. The van der Waals surface area contributed by atoms with Crippen molar-refractivity contribution >= 4 is 5.91 Å². The third-order valence-corrected chi connectivity index (χ3v) is 4.30. The Kier molecular flexibility index (Phi) is 5.28. The van der Waals surface area contributed by atoms with Crippen LogP contribution in [0.15, 0.2) is 30.5 Å². The molecule has 3 rings (SSSR count). The largest absolute Gasteiger partial charge is 0.496 e. The van der Waals surface area contributed by atoms with E-state index in [4.69, 9.17) is 9.47 Å². The van der Waals surface area contributed by atoms with Gasteiger partial charge in [-0.05, 0) is 26.0 Å². The minimum Gasteiger partial charge on any atom is -0.496 e. The van der Waals surface area contributed by atoms with E-state index in [0.717, 1.165) is 22.6 Å². The lowest BCUT2D eigenvalue weighted by Crippen LogP contribution is -2.43. The molecule has 0 aliphatic carbocycles. The lowest BCUT2D eigenvalue weighted by Gasteiger charge is -2.32. The predicted molar refractivity (Wildman–Crippen MR) is 93.5 cm³/mol. The van der Waals surface area contributed by atoms with Crippen molar-refractivity contribution in [1.29, 1.82) is 0 Å². The van der Waals surface area contributed by atoms with E-state index in [1.807, 2.05) is 43.0 Å². The molecule has 1 aromatic carbocycles. The molecule has 0 spiro atoms. The van der Waals surface area contributed by atoms with Crippen molar-refractivity contribution in [2.24, 2.45) is 0 Å². The molecule has 25 heavy (non-hydrogen) atoms. The highest BCUT2D eigenvalue weighted by atomic mass is 16.5. The van der Waals surface area contributed by atoms with Crippen LogP contribution >= 0.6 is 0 Å². The summed E-state index contributed by atoms with van der Waals surface area (Å²) in [4.78, 5) is 23.3. The molecule has 1 atom stereocenters. The second kappa shape index (κ2) is 7.61. The normalized spacial score (nSPS) is 17.4. The number of morpholine rings is 1. The van der Waals surface area contributed by atoms with Gasteiger partial charge < -0.3 is 14.4 Å². The number of carbonyl (C=O) groups is 1. The highest BCUT2D eigenvalue weighted by Crippen LogP contribution is 2.23. The Balaban J connectivity index is 1.71. The van der Waals surface area contributed by atoms with Crippen LogP contribution in [0.25, 0.3) is 0 Å². The van der Waals surface area contributed by atoms with Crippen molar-refractivity contribution in [2.45, 2.75) is 26.4 Å². The molecular weight excluding hydrogens is 318 g/mol. The molecule has 1 amide bonds. The van der Waals surface area contributed by atoms with Crippen LogP contribution in [-0.2, 0) is 16.0 Å². The number of methoxy groups -OCH3 is 1. The molecule has 2 aromatic rings. The highest BCUT2D eigenvalue weighted by molar-refractivity contribution is 5.79. The summed E-state index contributed by atoms with van der Waals surface area (Å²) in [5, 5.41) is 0. The van der Waals surface area contributed by atoms with E-state index < -0.39 is 0 Å². The monoisotopic (exact) mass is 341 g/mol. The summed E-state index contributed by atoms with van der Waals surface area (Å²) in [5.41, 5.74) is 2.90. The van der Waals surface area contributed by atoms with Crippen LogP contribution in [0.3, 0.4) is 0 Å². The van der Waals surface area contributed by atoms with E-state index in [9.17, 15) is 4.79 Å². The number of amides is 1. The quantitative estimate of drug-likeness (QED) is 0.853. The fourth-order valence-corrected chi connectivity index (χ4v) is 2.98. The molecule has 0 radical (unpaired) electrons. The maximum absolute atomic E-state index is 12.8. The van der Waals surface area contributed by atoms with Crippen LogP contribution in [-0.4, -0.2) is 47.6 Å². The van der Waals surface area contributed by atoms with Gasteiger partial charge in [0.25, 0.3) is 0 Å². The summed E-state index contributed by atoms with van der Waals surface area (Å²) < 4.78 is 11.1. The van der Waals surface area contributed by atoms with E-state index in [1.54, 1.807) is 13.3 Å². The van der Waals surface area contributed by atoms with Crippen molar-refractivity contribution in [3.63, 3.8) is 0 Å². The SMILES string of the molecule is COc1ccc(C)cc1CC(=O)N1CCO[C@H](c2nccc(C)n2)C1. The Labute approximate surface area is 147 Å². The van der Waals surface area contributed by atoms with Crippen molar-refractivity contribution in [2.75, 3.05) is 26.8 Å². The van der Waals surface area contributed by atoms with Crippen LogP contribution in [0.2, 0.25) is 0 Å². The fourth-order valence-electron chi connectivity index (χ4n) is 2.98. The van der Waals surface area contributed by atoms with Crippen LogP contribution in [0.5, 0.6) is 5.75 Å². The zero-order chi connectivity index (χ0) is 17.8. The Hall–Kier alpha value is -2.47. The Bertz CT molecular complexity index is 763. The molecule has 6 heteroatoms. The number of carbonyl (C=O) groups excluding carboxylic acids is 1. The smallest absolute Gasteiger partial charge is 0.227 e. The number of aryl methyl sites for hydroxylation is 2. The number of hydrogen-bond donors (Lipinski definition) is 0. The topological polar surface area (TPSA) is 64.5 Å². The summed E-state index contributed by atoms with van der Waals surface area (Å²) in [5.74, 6) is 1.43. The van der Waals surface area contributed by atoms with Crippen LogP contribution in [0.1, 0.15) is 28.7 Å². The minimum absolute atomic E-state index is 0.0600. The molecule has 6 nitrogen and oxygen atoms in total. The fraction of sp³-hybridized carbons (Fsp3) is 0.421. The maximum Gasteiger partial charge on any atom is 0.227 e. The number of benzene rings is 1. The number of rotatable bonds is 4. The number of aromatic nitrogens is 2. The van der Waals surface area contributed by atoms with Gasteiger partial charge in [-0.15, -0.1) is 0 Å². The van der Waals surface area contributed by atoms with Gasteiger partial charge in [-0.25, -0.2) is 9.97 Å². The van der Waals surface area contributed by atoms with Crippen molar-refractivity contribution < 1.29 is 14.3 Å². The summed E-state index contributed by atoms with van der Waals surface area (Å²) in [7, 11) is 1.62. The molecule has 0 unspecified atom stereocenters. The van der Waals surface area contributed by atoms with Gasteiger partial charge in [0.15, 0.2) is 5.82 Å².